The molecule has 1 heterocycles. The highest BCUT2D eigenvalue weighted by Crippen LogP contribution is 2.38. The van der Waals surface area contributed by atoms with Gasteiger partial charge in [-0.3, -0.25) is 10.1 Å². The van der Waals surface area contributed by atoms with Gasteiger partial charge < -0.3 is 5.32 Å². The molecule has 0 aromatic heterocycles. The molecule has 3 aliphatic rings. The van der Waals surface area contributed by atoms with Gasteiger partial charge in [-0.2, -0.15) is 0 Å². The van der Waals surface area contributed by atoms with Gasteiger partial charge in [-0.15, -0.1) is 0 Å². The second-order valence-corrected chi connectivity index (χ2v) is 6.37. The standard InChI is InChI=1S/C15H25N3O/c19-14-10-16-15(18-14)17-13-7-3-6-12(8-9-13)11-4-1-2-5-11/h11-13H,1-10H2,(H2,16,17,18,19). The molecular weight excluding hydrogens is 238 g/mol. The largest absolute Gasteiger partial charge is 0.353 e. The van der Waals surface area contributed by atoms with Crippen LogP contribution in [0, 0.1) is 11.8 Å². The summed E-state index contributed by atoms with van der Waals surface area (Å²) in [4.78, 5) is 15.3. The highest BCUT2D eigenvalue weighted by Gasteiger charge is 2.28. The van der Waals surface area contributed by atoms with Crippen LogP contribution in [0.15, 0.2) is 4.99 Å². The van der Waals surface area contributed by atoms with E-state index in [1.165, 1.54) is 57.8 Å². The number of nitrogens with one attached hydrogen (secondary N) is 2. The molecule has 4 nitrogen and oxygen atoms in total. The maximum atomic E-state index is 11.1. The lowest BCUT2D eigenvalue weighted by Gasteiger charge is -2.22. The molecule has 2 saturated carbocycles. The molecule has 0 aromatic carbocycles. The normalized spacial score (nSPS) is 32.8. The van der Waals surface area contributed by atoms with E-state index in [1.54, 1.807) is 0 Å². The van der Waals surface area contributed by atoms with Gasteiger partial charge in [0.2, 0.25) is 5.91 Å². The zero-order valence-electron chi connectivity index (χ0n) is 11.7. The van der Waals surface area contributed by atoms with Gasteiger partial charge in [0.05, 0.1) is 0 Å². The second kappa shape index (κ2) is 5.93. The van der Waals surface area contributed by atoms with Crippen molar-refractivity contribution < 1.29 is 4.79 Å². The summed E-state index contributed by atoms with van der Waals surface area (Å²) in [5, 5.41) is 6.21. The van der Waals surface area contributed by atoms with Crippen molar-refractivity contribution in [1.82, 2.24) is 10.6 Å². The van der Waals surface area contributed by atoms with Crippen molar-refractivity contribution >= 4 is 11.9 Å². The number of rotatable bonds is 2. The van der Waals surface area contributed by atoms with Gasteiger partial charge in [-0.1, -0.05) is 38.5 Å². The minimum absolute atomic E-state index is 0.0138. The summed E-state index contributed by atoms with van der Waals surface area (Å²) in [6, 6.07) is 0.503. The summed E-state index contributed by atoms with van der Waals surface area (Å²) >= 11 is 0. The molecule has 19 heavy (non-hydrogen) atoms. The molecule has 3 rings (SSSR count). The van der Waals surface area contributed by atoms with Crippen molar-refractivity contribution in [3.63, 3.8) is 0 Å². The average Bonchev–Trinajstić information content (AvgIpc) is 3.00. The van der Waals surface area contributed by atoms with Crippen molar-refractivity contribution in [3.05, 3.63) is 0 Å². The minimum atomic E-state index is 0.0138. The fraction of sp³-hybridized carbons (Fsp3) is 0.867. The summed E-state index contributed by atoms with van der Waals surface area (Å²) in [5.41, 5.74) is 0. The predicted molar refractivity (Wildman–Crippen MR) is 75.9 cm³/mol. The predicted octanol–water partition coefficient (Wildman–Crippen LogP) is 2.20. The fourth-order valence-corrected chi connectivity index (χ4v) is 4.01. The van der Waals surface area contributed by atoms with Gasteiger partial charge in [-0.05, 0) is 31.1 Å². The first-order chi connectivity index (χ1) is 9.31. The Hall–Kier alpha value is -1.06. The minimum Gasteiger partial charge on any atom is -0.353 e. The SMILES string of the molecule is O=C1CN=C(NC2CCCC(C3CCCC3)CC2)N1. The van der Waals surface area contributed by atoms with E-state index in [4.69, 9.17) is 0 Å². The summed E-state index contributed by atoms with van der Waals surface area (Å²) in [7, 11) is 0. The number of carbonyl (C=O) groups is 1. The molecule has 2 unspecified atom stereocenters. The lowest BCUT2D eigenvalue weighted by Crippen LogP contribution is -2.42. The molecule has 0 radical (unpaired) electrons. The van der Waals surface area contributed by atoms with Gasteiger partial charge in [0.25, 0.3) is 0 Å². The van der Waals surface area contributed by atoms with E-state index in [-0.39, 0.29) is 5.91 Å². The molecule has 0 bridgehead atoms. The van der Waals surface area contributed by atoms with Crippen LogP contribution in [0.2, 0.25) is 0 Å². The highest BCUT2D eigenvalue weighted by molar-refractivity contribution is 6.02. The van der Waals surface area contributed by atoms with Crippen LogP contribution in [-0.2, 0) is 4.79 Å². The summed E-state index contributed by atoms with van der Waals surface area (Å²) in [5.74, 6) is 2.67. The van der Waals surface area contributed by atoms with Gasteiger partial charge in [0.1, 0.15) is 6.54 Å². The number of guanidine groups is 1. The molecule has 0 aromatic rings. The van der Waals surface area contributed by atoms with Crippen LogP contribution < -0.4 is 10.6 Å². The molecule has 0 saturated heterocycles. The van der Waals surface area contributed by atoms with Crippen LogP contribution in [0.25, 0.3) is 0 Å². The number of nitrogens with zero attached hydrogens (tertiary/aromatic N) is 1. The Balaban J connectivity index is 1.48. The summed E-state index contributed by atoms with van der Waals surface area (Å²) < 4.78 is 0. The van der Waals surface area contributed by atoms with Crippen molar-refractivity contribution in [2.24, 2.45) is 16.8 Å². The quantitative estimate of drug-likeness (QED) is 0.750. The monoisotopic (exact) mass is 263 g/mol. The lowest BCUT2D eigenvalue weighted by atomic mass is 9.85. The van der Waals surface area contributed by atoms with Crippen molar-refractivity contribution in [1.29, 1.82) is 0 Å². The van der Waals surface area contributed by atoms with Gasteiger partial charge >= 0.3 is 0 Å². The van der Waals surface area contributed by atoms with E-state index in [0.717, 1.165) is 11.8 Å². The Kier molecular flexibility index (Phi) is 4.04. The third-order valence-electron chi connectivity index (χ3n) is 5.06. The van der Waals surface area contributed by atoms with Crippen LogP contribution in [0.3, 0.4) is 0 Å². The van der Waals surface area contributed by atoms with Crippen molar-refractivity contribution in [2.75, 3.05) is 6.54 Å². The van der Waals surface area contributed by atoms with Crippen molar-refractivity contribution in [2.45, 2.75) is 63.8 Å². The number of carbonyl (C=O) groups excluding carboxylic acids is 1. The fourth-order valence-electron chi connectivity index (χ4n) is 4.01. The Morgan fingerprint density at radius 1 is 0.947 bits per heavy atom. The maximum Gasteiger partial charge on any atom is 0.248 e. The average molecular weight is 263 g/mol. The topological polar surface area (TPSA) is 53.5 Å². The molecule has 1 aliphatic heterocycles. The van der Waals surface area contributed by atoms with Crippen LogP contribution >= 0.6 is 0 Å². The number of hydrogen-bond acceptors (Lipinski definition) is 3. The third kappa shape index (κ3) is 3.28. The Morgan fingerprint density at radius 2 is 1.68 bits per heavy atom. The van der Waals surface area contributed by atoms with E-state index >= 15 is 0 Å². The first-order valence-corrected chi connectivity index (χ1v) is 7.92. The van der Waals surface area contributed by atoms with E-state index in [0.29, 0.717) is 18.5 Å². The number of amides is 1. The summed E-state index contributed by atoms with van der Waals surface area (Å²) in [6.07, 6.45) is 12.4. The van der Waals surface area contributed by atoms with Crippen LogP contribution in [0.1, 0.15) is 57.8 Å². The van der Waals surface area contributed by atoms with E-state index < -0.39 is 0 Å². The lowest BCUT2D eigenvalue weighted by molar-refractivity contribution is -0.117. The molecule has 2 fully saturated rings. The van der Waals surface area contributed by atoms with Crippen LogP contribution in [0.4, 0.5) is 0 Å². The number of aliphatic imine (C=N–C) groups is 1. The Morgan fingerprint density at radius 3 is 2.42 bits per heavy atom. The molecular formula is C15H25N3O. The molecule has 106 valence electrons. The molecule has 1 amide bonds. The van der Waals surface area contributed by atoms with Crippen molar-refractivity contribution in [3.8, 4) is 0 Å². The Labute approximate surface area is 115 Å². The van der Waals surface area contributed by atoms with E-state index in [1.807, 2.05) is 0 Å². The molecule has 2 atom stereocenters. The second-order valence-electron chi connectivity index (χ2n) is 6.37. The Bertz CT molecular complexity index is 360. The molecule has 4 heteroatoms. The maximum absolute atomic E-state index is 11.1. The molecule has 2 N–H and O–H groups in total. The number of hydrogen-bond donors (Lipinski definition) is 2. The zero-order chi connectivity index (χ0) is 13.1. The first kappa shape index (κ1) is 12.9. The van der Waals surface area contributed by atoms with E-state index in [9.17, 15) is 4.79 Å². The van der Waals surface area contributed by atoms with Crippen LogP contribution in [0.5, 0.6) is 0 Å². The van der Waals surface area contributed by atoms with E-state index in [2.05, 4.69) is 15.6 Å². The first-order valence-electron chi connectivity index (χ1n) is 7.92. The summed E-state index contributed by atoms with van der Waals surface area (Å²) in [6.45, 7) is 0.291. The van der Waals surface area contributed by atoms with Gasteiger partial charge in [0.15, 0.2) is 5.96 Å². The van der Waals surface area contributed by atoms with Crippen LogP contribution in [-0.4, -0.2) is 24.5 Å². The third-order valence-corrected chi connectivity index (χ3v) is 5.06. The zero-order valence-corrected chi connectivity index (χ0v) is 11.7. The molecule has 2 aliphatic carbocycles. The molecule has 0 spiro atoms. The smallest absolute Gasteiger partial charge is 0.248 e. The highest BCUT2D eigenvalue weighted by atomic mass is 16.2. The van der Waals surface area contributed by atoms with Gasteiger partial charge in [-0.25, -0.2) is 4.99 Å². The van der Waals surface area contributed by atoms with Gasteiger partial charge in [0, 0.05) is 6.04 Å².